The minimum atomic E-state index is -0.308. The normalized spacial score (nSPS) is 41.4. The molecule has 1 N–H and O–H groups in total. The number of carbonyl (C=O) groups is 1. The van der Waals surface area contributed by atoms with Crippen molar-refractivity contribution >= 4 is 5.97 Å². The summed E-state index contributed by atoms with van der Waals surface area (Å²) in [5.74, 6) is -0.308. The fourth-order valence-corrected chi connectivity index (χ4v) is 1.67. The molecule has 0 bridgehead atoms. The molecule has 0 unspecified atom stereocenters. The van der Waals surface area contributed by atoms with Crippen LogP contribution in [0.25, 0.3) is 0 Å². The maximum Gasteiger partial charge on any atom is 0.308 e. The lowest BCUT2D eigenvalue weighted by Gasteiger charge is -2.14. The van der Waals surface area contributed by atoms with Crippen LogP contribution in [0.2, 0.25) is 0 Å². The molecule has 2 saturated heterocycles. The molecule has 0 aliphatic carbocycles. The molecule has 2 aliphatic heterocycles. The zero-order valence-corrected chi connectivity index (χ0v) is 7.30. The number of ether oxygens (including phenoxy) is 3. The Labute approximate surface area is 75.6 Å². The Morgan fingerprint density at radius 1 is 1.38 bits per heavy atom. The maximum absolute atomic E-state index is 10.9. The number of rotatable bonds is 3. The van der Waals surface area contributed by atoms with Gasteiger partial charge < -0.3 is 19.3 Å². The van der Waals surface area contributed by atoms with E-state index in [-0.39, 0.29) is 43.4 Å². The lowest BCUT2D eigenvalue weighted by Crippen LogP contribution is -2.25. The van der Waals surface area contributed by atoms with E-state index in [0.717, 1.165) is 0 Å². The molecule has 0 aromatic rings. The monoisotopic (exact) mass is 188 g/mol. The number of aliphatic hydroxyl groups excluding tert-OH is 1. The van der Waals surface area contributed by atoms with Crippen molar-refractivity contribution in [2.45, 2.75) is 30.8 Å². The van der Waals surface area contributed by atoms with E-state index >= 15 is 0 Å². The van der Waals surface area contributed by atoms with Gasteiger partial charge in [-0.2, -0.15) is 0 Å². The Morgan fingerprint density at radius 3 is 2.62 bits per heavy atom. The number of carbonyl (C=O) groups excluding carboxylic acids is 1. The number of aliphatic hydroxyl groups is 1. The number of epoxide rings is 1. The number of hydrogen-bond donors (Lipinski definition) is 1. The van der Waals surface area contributed by atoms with E-state index in [2.05, 4.69) is 4.74 Å². The van der Waals surface area contributed by atoms with E-state index in [1.54, 1.807) is 0 Å². The van der Waals surface area contributed by atoms with Crippen LogP contribution in [0.1, 0.15) is 6.42 Å². The van der Waals surface area contributed by atoms with Crippen LogP contribution in [0.4, 0.5) is 0 Å². The zero-order chi connectivity index (χ0) is 9.42. The molecule has 0 radical (unpaired) electrons. The van der Waals surface area contributed by atoms with Gasteiger partial charge in [0.2, 0.25) is 0 Å². The average molecular weight is 188 g/mol. The van der Waals surface area contributed by atoms with E-state index in [4.69, 9.17) is 14.6 Å². The molecule has 4 atom stereocenters. The highest BCUT2D eigenvalue weighted by molar-refractivity contribution is 5.70. The van der Waals surface area contributed by atoms with Crippen molar-refractivity contribution in [2.24, 2.45) is 0 Å². The van der Waals surface area contributed by atoms with Crippen molar-refractivity contribution in [1.82, 2.24) is 0 Å². The highest BCUT2D eigenvalue weighted by atomic mass is 16.7. The second kappa shape index (κ2) is 3.25. The second-order valence-electron chi connectivity index (χ2n) is 3.24. The Hall–Kier alpha value is -0.650. The third kappa shape index (κ3) is 1.54. The Balaban J connectivity index is 1.86. The smallest absolute Gasteiger partial charge is 0.308 e. The van der Waals surface area contributed by atoms with Crippen LogP contribution in [0.3, 0.4) is 0 Å². The molecule has 74 valence electrons. The maximum atomic E-state index is 10.9. The second-order valence-corrected chi connectivity index (χ2v) is 3.24. The van der Waals surface area contributed by atoms with Gasteiger partial charge in [-0.15, -0.1) is 0 Å². The first-order chi connectivity index (χ1) is 6.26. The standard InChI is InChI=1S/C8H12O5/c1-11-6(10)2-4-7-8(13-7)5(3-9)12-4/h4-5,7-9H,2-3H2,1H3/t4-,5+,7-,8+/m0/s1. The molecule has 13 heavy (non-hydrogen) atoms. The molecule has 0 saturated carbocycles. The Morgan fingerprint density at radius 2 is 2.08 bits per heavy atom. The molecular formula is C8H12O5. The molecule has 5 nitrogen and oxygen atoms in total. The first-order valence-electron chi connectivity index (χ1n) is 4.25. The van der Waals surface area contributed by atoms with Gasteiger partial charge in [-0.05, 0) is 0 Å². The highest BCUT2D eigenvalue weighted by Crippen LogP contribution is 2.40. The molecular weight excluding hydrogens is 176 g/mol. The van der Waals surface area contributed by atoms with Crippen molar-refractivity contribution in [3.05, 3.63) is 0 Å². The third-order valence-electron chi connectivity index (χ3n) is 2.42. The molecule has 2 heterocycles. The van der Waals surface area contributed by atoms with Crippen LogP contribution in [-0.2, 0) is 19.0 Å². The van der Waals surface area contributed by atoms with Crippen molar-refractivity contribution < 1.29 is 24.1 Å². The number of fused-ring (bicyclic) bond motifs is 1. The van der Waals surface area contributed by atoms with Gasteiger partial charge >= 0.3 is 5.97 Å². The largest absolute Gasteiger partial charge is 0.469 e. The van der Waals surface area contributed by atoms with Gasteiger partial charge in [0.15, 0.2) is 0 Å². The van der Waals surface area contributed by atoms with Gasteiger partial charge in [0.25, 0.3) is 0 Å². The number of methoxy groups -OCH3 is 1. The summed E-state index contributed by atoms with van der Waals surface area (Å²) in [6.07, 6.45) is -0.334. The molecule has 0 aromatic carbocycles. The van der Waals surface area contributed by atoms with Gasteiger partial charge in [0.05, 0.1) is 26.2 Å². The molecule has 0 spiro atoms. The van der Waals surface area contributed by atoms with Crippen LogP contribution in [0.15, 0.2) is 0 Å². The fraction of sp³-hybridized carbons (Fsp3) is 0.875. The van der Waals surface area contributed by atoms with Crippen LogP contribution < -0.4 is 0 Å². The van der Waals surface area contributed by atoms with E-state index in [1.165, 1.54) is 7.11 Å². The third-order valence-corrected chi connectivity index (χ3v) is 2.42. The summed E-state index contributed by atoms with van der Waals surface area (Å²) in [5, 5.41) is 8.85. The number of esters is 1. The quantitative estimate of drug-likeness (QED) is 0.458. The summed E-state index contributed by atoms with van der Waals surface area (Å²) in [6.45, 7) is -0.0567. The summed E-state index contributed by atoms with van der Waals surface area (Å²) in [7, 11) is 1.34. The summed E-state index contributed by atoms with van der Waals surface area (Å²) in [5.41, 5.74) is 0. The van der Waals surface area contributed by atoms with Crippen molar-refractivity contribution in [1.29, 1.82) is 0 Å². The SMILES string of the molecule is COC(=O)C[C@@H]1O[C@H](CO)[C@H]2O[C@H]21. The van der Waals surface area contributed by atoms with Gasteiger partial charge in [0.1, 0.15) is 18.3 Å². The molecule has 0 aromatic heterocycles. The van der Waals surface area contributed by atoms with Gasteiger partial charge in [-0.25, -0.2) is 0 Å². The predicted molar refractivity (Wildman–Crippen MR) is 41.0 cm³/mol. The average Bonchev–Trinajstić information content (AvgIpc) is 2.86. The van der Waals surface area contributed by atoms with E-state index < -0.39 is 0 Å². The van der Waals surface area contributed by atoms with Gasteiger partial charge in [-0.3, -0.25) is 4.79 Å². The minimum Gasteiger partial charge on any atom is -0.469 e. The lowest BCUT2D eigenvalue weighted by atomic mass is 10.1. The Kier molecular flexibility index (Phi) is 2.23. The van der Waals surface area contributed by atoms with Crippen LogP contribution in [0.5, 0.6) is 0 Å². The lowest BCUT2D eigenvalue weighted by molar-refractivity contribution is -0.146. The summed E-state index contributed by atoms with van der Waals surface area (Å²) < 4.78 is 15.1. The fourth-order valence-electron chi connectivity index (χ4n) is 1.67. The van der Waals surface area contributed by atoms with Crippen LogP contribution in [0, 0.1) is 0 Å². The van der Waals surface area contributed by atoms with Gasteiger partial charge in [0, 0.05) is 0 Å². The van der Waals surface area contributed by atoms with E-state index in [9.17, 15) is 4.79 Å². The Bertz CT molecular complexity index is 217. The van der Waals surface area contributed by atoms with Gasteiger partial charge in [-0.1, -0.05) is 0 Å². The van der Waals surface area contributed by atoms with Crippen LogP contribution in [-0.4, -0.2) is 49.2 Å². The minimum absolute atomic E-state index is 0.0142. The molecule has 2 rings (SSSR count). The van der Waals surface area contributed by atoms with E-state index in [0.29, 0.717) is 0 Å². The first-order valence-corrected chi connectivity index (χ1v) is 4.25. The molecule has 5 heteroatoms. The summed E-state index contributed by atoms with van der Waals surface area (Å²) in [4.78, 5) is 10.9. The zero-order valence-electron chi connectivity index (χ0n) is 7.30. The van der Waals surface area contributed by atoms with Crippen LogP contribution >= 0.6 is 0 Å². The highest BCUT2D eigenvalue weighted by Gasteiger charge is 2.58. The molecule has 2 fully saturated rings. The van der Waals surface area contributed by atoms with Crippen molar-refractivity contribution in [2.75, 3.05) is 13.7 Å². The first kappa shape index (κ1) is 8.93. The number of hydrogen-bond acceptors (Lipinski definition) is 5. The van der Waals surface area contributed by atoms with Crippen molar-refractivity contribution in [3.63, 3.8) is 0 Å². The topological polar surface area (TPSA) is 68.3 Å². The summed E-state index contributed by atoms with van der Waals surface area (Å²) >= 11 is 0. The molecule has 2 aliphatic rings. The summed E-state index contributed by atoms with van der Waals surface area (Å²) in [6, 6.07) is 0. The van der Waals surface area contributed by atoms with E-state index in [1.807, 2.05) is 0 Å². The predicted octanol–water partition coefficient (Wildman–Crippen LogP) is -0.923. The molecule has 0 amide bonds. The van der Waals surface area contributed by atoms with Crippen molar-refractivity contribution in [3.8, 4) is 0 Å².